The molecule has 0 aromatic carbocycles. The summed E-state index contributed by atoms with van der Waals surface area (Å²) in [7, 11) is -1.78. The van der Waals surface area contributed by atoms with Gasteiger partial charge >= 0.3 is 0 Å². The van der Waals surface area contributed by atoms with Crippen LogP contribution in [0.2, 0.25) is 0 Å². The summed E-state index contributed by atoms with van der Waals surface area (Å²) in [5, 5.41) is 8.69. The van der Waals surface area contributed by atoms with Crippen molar-refractivity contribution in [3.05, 3.63) is 0 Å². The third kappa shape index (κ3) is 5.46. The van der Waals surface area contributed by atoms with Gasteiger partial charge < -0.3 is 9.84 Å². The quantitative estimate of drug-likeness (QED) is 0.650. The van der Waals surface area contributed by atoms with Crippen LogP contribution in [0.1, 0.15) is 20.3 Å². The Kier molecular flexibility index (Phi) is 7.08. The third-order valence-corrected chi connectivity index (χ3v) is 4.02. The largest absolute Gasteiger partial charge is 0.396 e. The van der Waals surface area contributed by atoms with Crippen molar-refractivity contribution in [1.29, 1.82) is 0 Å². The highest BCUT2D eigenvalue weighted by Crippen LogP contribution is 2.08. The molecule has 92 valence electrons. The van der Waals surface area contributed by atoms with Gasteiger partial charge in [-0.1, -0.05) is 0 Å². The van der Waals surface area contributed by atoms with Crippen LogP contribution in [0.15, 0.2) is 0 Å². The van der Waals surface area contributed by atoms with Gasteiger partial charge in [0.25, 0.3) is 0 Å². The minimum Gasteiger partial charge on any atom is -0.396 e. The van der Waals surface area contributed by atoms with Gasteiger partial charge in [-0.2, -0.15) is 4.31 Å². The predicted octanol–water partition coefficient (Wildman–Crippen LogP) is 0.0554. The molecule has 0 aromatic heterocycles. The van der Waals surface area contributed by atoms with Gasteiger partial charge in [-0.15, -0.1) is 0 Å². The Bertz CT molecular complexity index is 251. The second-order valence-electron chi connectivity index (χ2n) is 3.59. The molecule has 0 saturated heterocycles. The summed E-state index contributed by atoms with van der Waals surface area (Å²) in [4.78, 5) is 0. The zero-order valence-corrected chi connectivity index (χ0v) is 10.5. The molecule has 0 amide bonds. The third-order valence-electron chi connectivity index (χ3n) is 2.02. The molecular formula is C9H21NO4S. The molecule has 6 heteroatoms. The molecule has 0 aromatic rings. The monoisotopic (exact) mass is 239 g/mol. The lowest BCUT2D eigenvalue weighted by Gasteiger charge is -2.25. The molecule has 0 bridgehead atoms. The van der Waals surface area contributed by atoms with Gasteiger partial charge in [-0.25, -0.2) is 8.42 Å². The number of sulfonamides is 1. The standard InChI is InChI=1S/C9H21NO4S/c1-9(2)10(5-4-6-11)15(12,13)8-7-14-3/h9,11H,4-8H2,1-3H3. The van der Waals surface area contributed by atoms with E-state index < -0.39 is 10.0 Å². The van der Waals surface area contributed by atoms with Crippen LogP contribution in [0, 0.1) is 0 Å². The maximum atomic E-state index is 11.8. The first-order valence-corrected chi connectivity index (χ1v) is 6.66. The van der Waals surface area contributed by atoms with Crippen molar-refractivity contribution in [2.75, 3.05) is 32.6 Å². The van der Waals surface area contributed by atoms with E-state index in [4.69, 9.17) is 9.84 Å². The first-order valence-electron chi connectivity index (χ1n) is 5.05. The molecule has 1 N–H and O–H groups in total. The van der Waals surface area contributed by atoms with E-state index in [1.165, 1.54) is 11.4 Å². The normalized spacial score (nSPS) is 12.7. The molecule has 0 aliphatic heterocycles. The van der Waals surface area contributed by atoms with Gasteiger partial charge in [0.15, 0.2) is 0 Å². The molecule has 0 atom stereocenters. The van der Waals surface area contributed by atoms with Crippen LogP contribution in [-0.4, -0.2) is 56.5 Å². The Morgan fingerprint density at radius 1 is 1.40 bits per heavy atom. The molecule has 0 aliphatic carbocycles. The summed E-state index contributed by atoms with van der Waals surface area (Å²) in [5.74, 6) is -0.00684. The Balaban J connectivity index is 4.45. The number of methoxy groups -OCH3 is 1. The summed E-state index contributed by atoms with van der Waals surface area (Å²) in [5.41, 5.74) is 0. The molecule has 0 spiro atoms. The van der Waals surface area contributed by atoms with Crippen LogP contribution < -0.4 is 0 Å². The Hall–Kier alpha value is -0.170. The second kappa shape index (κ2) is 7.16. The topological polar surface area (TPSA) is 66.8 Å². The first-order chi connectivity index (χ1) is 6.95. The van der Waals surface area contributed by atoms with Crippen LogP contribution in [0.25, 0.3) is 0 Å². The maximum Gasteiger partial charge on any atom is 0.216 e. The van der Waals surface area contributed by atoms with Crippen molar-refractivity contribution in [2.24, 2.45) is 0 Å². The predicted molar refractivity (Wildman–Crippen MR) is 59.2 cm³/mol. The van der Waals surface area contributed by atoms with E-state index in [0.717, 1.165) is 0 Å². The Morgan fingerprint density at radius 2 is 2.00 bits per heavy atom. The van der Waals surface area contributed by atoms with Gasteiger partial charge in [-0.3, -0.25) is 0 Å². The van der Waals surface area contributed by atoms with Crippen molar-refractivity contribution in [1.82, 2.24) is 4.31 Å². The van der Waals surface area contributed by atoms with Gasteiger partial charge in [0.1, 0.15) is 0 Å². The van der Waals surface area contributed by atoms with Crippen LogP contribution in [0.4, 0.5) is 0 Å². The van der Waals surface area contributed by atoms with Crippen molar-refractivity contribution in [3.8, 4) is 0 Å². The minimum absolute atomic E-state index is 0.00299. The lowest BCUT2D eigenvalue weighted by molar-refractivity contribution is 0.213. The fourth-order valence-electron chi connectivity index (χ4n) is 1.25. The van der Waals surface area contributed by atoms with Crippen molar-refractivity contribution < 1.29 is 18.3 Å². The minimum atomic E-state index is -3.26. The van der Waals surface area contributed by atoms with E-state index >= 15 is 0 Å². The number of nitrogens with zero attached hydrogens (tertiary/aromatic N) is 1. The zero-order valence-electron chi connectivity index (χ0n) is 9.64. The molecule has 15 heavy (non-hydrogen) atoms. The number of hydrogen-bond donors (Lipinski definition) is 1. The van der Waals surface area contributed by atoms with Gasteiger partial charge in [0.2, 0.25) is 10.0 Å². The van der Waals surface area contributed by atoms with E-state index in [0.29, 0.717) is 13.0 Å². The lowest BCUT2D eigenvalue weighted by atomic mass is 10.3. The summed E-state index contributed by atoms with van der Waals surface area (Å²) in [6, 6.07) is -0.0848. The van der Waals surface area contributed by atoms with E-state index in [-0.39, 0.29) is 25.0 Å². The number of hydrogen-bond acceptors (Lipinski definition) is 4. The highest BCUT2D eigenvalue weighted by molar-refractivity contribution is 7.89. The summed E-state index contributed by atoms with van der Waals surface area (Å²) in [6.45, 7) is 4.21. The van der Waals surface area contributed by atoms with E-state index in [1.807, 2.05) is 13.8 Å². The first kappa shape index (κ1) is 14.8. The highest BCUT2D eigenvalue weighted by atomic mass is 32.2. The van der Waals surface area contributed by atoms with Crippen molar-refractivity contribution in [3.63, 3.8) is 0 Å². The number of ether oxygens (including phenoxy) is 1. The molecule has 0 fully saturated rings. The molecule has 5 nitrogen and oxygen atoms in total. The molecule has 0 saturated carbocycles. The fraction of sp³-hybridized carbons (Fsp3) is 1.00. The fourth-order valence-corrected chi connectivity index (χ4v) is 2.91. The van der Waals surface area contributed by atoms with Crippen molar-refractivity contribution >= 4 is 10.0 Å². The van der Waals surface area contributed by atoms with Crippen LogP contribution in [0.3, 0.4) is 0 Å². The van der Waals surface area contributed by atoms with Gasteiger partial charge in [0.05, 0.1) is 12.4 Å². The van der Waals surface area contributed by atoms with Gasteiger partial charge in [-0.05, 0) is 20.3 Å². The van der Waals surface area contributed by atoms with E-state index in [2.05, 4.69) is 0 Å². The second-order valence-corrected chi connectivity index (χ2v) is 5.63. The van der Waals surface area contributed by atoms with E-state index in [1.54, 1.807) is 0 Å². The van der Waals surface area contributed by atoms with Crippen LogP contribution in [0.5, 0.6) is 0 Å². The van der Waals surface area contributed by atoms with E-state index in [9.17, 15) is 8.42 Å². The smallest absolute Gasteiger partial charge is 0.216 e. The Morgan fingerprint density at radius 3 is 2.40 bits per heavy atom. The summed E-state index contributed by atoms with van der Waals surface area (Å²) >= 11 is 0. The lowest BCUT2D eigenvalue weighted by Crippen LogP contribution is -2.40. The van der Waals surface area contributed by atoms with Crippen molar-refractivity contribution in [2.45, 2.75) is 26.3 Å². The highest BCUT2D eigenvalue weighted by Gasteiger charge is 2.23. The molecule has 0 aliphatic rings. The Labute approximate surface area is 92.1 Å². The van der Waals surface area contributed by atoms with Crippen LogP contribution in [-0.2, 0) is 14.8 Å². The molecule has 0 unspecified atom stereocenters. The SMILES string of the molecule is COCCS(=O)(=O)N(CCCO)C(C)C. The summed E-state index contributed by atoms with van der Waals surface area (Å²) in [6.07, 6.45) is 0.463. The molecule has 0 rings (SSSR count). The number of aliphatic hydroxyl groups excluding tert-OH is 1. The molecular weight excluding hydrogens is 218 g/mol. The molecule has 0 radical (unpaired) electrons. The average molecular weight is 239 g/mol. The van der Waals surface area contributed by atoms with Gasteiger partial charge in [0, 0.05) is 26.3 Å². The molecule has 0 heterocycles. The number of rotatable bonds is 8. The maximum absolute atomic E-state index is 11.8. The number of aliphatic hydroxyl groups is 1. The average Bonchev–Trinajstić information content (AvgIpc) is 2.14. The summed E-state index contributed by atoms with van der Waals surface area (Å²) < 4.78 is 29.8. The zero-order chi connectivity index (χ0) is 11.9. The van der Waals surface area contributed by atoms with Crippen LogP contribution >= 0.6 is 0 Å².